The number of halogens is 1. The Hall–Kier alpha value is -2.06. The summed E-state index contributed by atoms with van der Waals surface area (Å²) in [5, 5.41) is 16.9. The van der Waals surface area contributed by atoms with Crippen molar-refractivity contribution in [1.82, 2.24) is 0 Å². The number of aliphatic hydroxyl groups is 1. The van der Waals surface area contributed by atoms with E-state index in [0.717, 1.165) is 44.2 Å². The molecule has 1 aliphatic heterocycles. The summed E-state index contributed by atoms with van der Waals surface area (Å²) in [4.78, 5) is 2.26. The molecule has 3 atom stereocenters. The molecule has 4 rings (SSSR count). The summed E-state index contributed by atoms with van der Waals surface area (Å²) in [5.41, 5.74) is 2.03. The van der Waals surface area contributed by atoms with Crippen molar-refractivity contribution >= 4 is 27.3 Å². The Morgan fingerprint density at radius 3 is 2.71 bits per heavy atom. The van der Waals surface area contributed by atoms with Crippen LogP contribution in [0.5, 0.6) is 5.75 Å². The van der Waals surface area contributed by atoms with Gasteiger partial charge in [0.15, 0.2) is 0 Å². The van der Waals surface area contributed by atoms with Gasteiger partial charge in [-0.2, -0.15) is 0 Å². The third-order valence-corrected chi connectivity index (χ3v) is 8.46. The average Bonchev–Trinajstić information content (AvgIpc) is 2.79. The molecule has 34 heavy (non-hydrogen) atoms. The molecule has 0 saturated heterocycles. The van der Waals surface area contributed by atoms with Gasteiger partial charge >= 0.3 is 0 Å². The van der Waals surface area contributed by atoms with E-state index in [9.17, 15) is 13.5 Å². The predicted molar refractivity (Wildman–Crippen MR) is 136 cm³/mol. The number of fused-ring (bicyclic) bond motifs is 2. The molecule has 1 aliphatic carbocycles. The van der Waals surface area contributed by atoms with Crippen LogP contribution in [0.4, 0.5) is 5.69 Å². The van der Waals surface area contributed by atoms with Gasteiger partial charge in [-0.1, -0.05) is 23.7 Å². The molecule has 2 aliphatic rings. The predicted octanol–water partition coefficient (Wildman–Crippen LogP) is 4.67. The standard InChI is InChI=1S/C26H33ClN2O4S/c1-3-26(2,30)23-11-8-19(23)16-29-13-5-4-6-18-14-21(27)9-7-20(18)17-33-25-12-10-22(15-24(25)29)34(28,31)32/h3,7,9-10,12,14-15,19,23,30H,1,4-6,8,11,13,16-17H2,2H3,(H2,28,31,32)/t19-,23+,26-/m0/s1. The first kappa shape index (κ1) is 25.0. The summed E-state index contributed by atoms with van der Waals surface area (Å²) in [6.45, 7) is 7.40. The van der Waals surface area contributed by atoms with E-state index >= 15 is 0 Å². The molecule has 0 spiro atoms. The van der Waals surface area contributed by atoms with Crippen LogP contribution in [-0.4, -0.2) is 32.2 Å². The van der Waals surface area contributed by atoms with Gasteiger partial charge in [0, 0.05) is 18.1 Å². The number of benzene rings is 2. The number of hydrogen-bond acceptors (Lipinski definition) is 5. The Morgan fingerprint density at radius 1 is 1.24 bits per heavy atom. The molecule has 0 radical (unpaired) electrons. The maximum Gasteiger partial charge on any atom is 0.238 e. The van der Waals surface area contributed by atoms with Gasteiger partial charge in [-0.05, 0) is 92.3 Å². The number of hydrogen-bond donors (Lipinski definition) is 2. The van der Waals surface area contributed by atoms with Crippen LogP contribution >= 0.6 is 11.6 Å². The SMILES string of the molecule is C=C[C@](C)(O)[C@@H]1CC[C@H]1CN1CCCCc2cc(Cl)ccc2COc2ccc(S(N)(=O)=O)cc21. The molecule has 0 aromatic heterocycles. The first-order valence-corrected chi connectivity index (χ1v) is 13.7. The lowest BCUT2D eigenvalue weighted by Crippen LogP contribution is -2.48. The highest BCUT2D eigenvalue weighted by atomic mass is 35.5. The summed E-state index contributed by atoms with van der Waals surface area (Å²) < 4.78 is 30.5. The van der Waals surface area contributed by atoms with Crippen LogP contribution in [0.2, 0.25) is 5.02 Å². The van der Waals surface area contributed by atoms with Crippen molar-refractivity contribution in [2.24, 2.45) is 17.0 Å². The molecule has 2 aromatic carbocycles. The summed E-state index contributed by atoms with van der Waals surface area (Å²) in [5.74, 6) is 0.988. The van der Waals surface area contributed by atoms with Crippen molar-refractivity contribution in [3.63, 3.8) is 0 Å². The van der Waals surface area contributed by atoms with Crippen LogP contribution in [0.3, 0.4) is 0 Å². The highest BCUT2D eigenvalue weighted by molar-refractivity contribution is 7.89. The van der Waals surface area contributed by atoms with Gasteiger partial charge in [0.05, 0.1) is 16.2 Å². The van der Waals surface area contributed by atoms with Crippen LogP contribution in [0, 0.1) is 11.8 Å². The minimum Gasteiger partial charge on any atom is -0.487 e. The van der Waals surface area contributed by atoms with Crippen molar-refractivity contribution in [3.05, 3.63) is 65.2 Å². The molecule has 2 aromatic rings. The third-order valence-electron chi connectivity index (χ3n) is 7.31. The van der Waals surface area contributed by atoms with Gasteiger partial charge in [0.1, 0.15) is 12.4 Å². The van der Waals surface area contributed by atoms with Gasteiger partial charge in [-0.15, -0.1) is 6.58 Å². The number of primary sulfonamides is 1. The quantitative estimate of drug-likeness (QED) is 0.577. The molecule has 0 unspecified atom stereocenters. The zero-order valence-electron chi connectivity index (χ0n) is 19.5. The Labute approximate surface area is 207 Å². The highest BCUT2D eigenvalue weighted by Gasteiger charge is 2.42. The topological polar surface area (TPSA) is 92.9 Å². The zero-order chi connectivity index (χ0) is 24.5. The Bertz CT molecular complexity index is 1170. The van der Waals surface area contributed by atoms with Crippen molar-refractivity contribution in [1.29, 1.82) is 0 Å². The van der Waals surface area contributed by atoms with Gasteiger partial charge < -0.3 is 14.7 Å². The van der Waals surface area contributed by atoms with Crippen molar-refractivity contribution in [3.8, 4) is 5.75 Å². The number of anilines is 1. The minimum atomic E-state index is -3.87. The largest absolute Gasteiger partial charge is 0.487 e. The van der Waals surface area contributed by atoms with Crippen LogP contribution in [0.1, 0.15) is 43.7 Å². The smallest absolute Gasteiger partial charge is 0.238 e. The molecular weight excluding hydrogens is 472 g/mol. The van der Waals surface area contributed by atoms with E-state index in [4.69, 9.17) is 21.5 Å². The summed E-state index contributed by atoms with van der Waals surface area (Å²) >= 11 is 6.24. The second-order valence-corrected chi connectivity index (χ2v) is 11.7. The number of rotatable bonds is 5. The fraction of sp³-hybridized carbons (Fsp3) is 0.462. The molecule has 184 valence electrons. The van der Waals surface area contributed by atoms with E-state index in [1.807, 2.05) is 25.1 Å². The Kier molecular flexibility index (Phi) is 7.29. The van der Waals surface area contributed by atoms with E-state index in [1.54, 1.807) is 18.2 Å². The lowest BCUT2D eigenvalue weighted by molar-refractivity contribution is -0.0308. The lowest BCUT2D eigenvalue weighted by Gasteiger charge is -2.46. The maximum absolute atomic E-state index is 12.1. The first-order valence-electron chi connectivity index (χ1n) is 11.8. The van der Waals surface area contributed by atoms with Crippen molar-refractivity contribution in [2.75, 3.05) is 18.0 Å². The Morgan fingerprint density at radius 2 is 2.03 bits per heavy atom. The molecule has 1 heterocycles. The molecule has 6 nitrogen and oxygen atoms in total. The first-order chi connectivity index (χ1) is 16.1. The highest BCUT2D eigenvalue weighted by Crippen LogP contribution is 2.44. The monoisotopic (exact) mass is 504 g/mol. The summed E-state index contributed by atoms with van der Waals surface area (Å²) in [6.07, 6.45) is 6.33. The Balaban J connectivity index is 1.69. The second kappa shape index (κ2) is 9.90. The van der Waals surface area contributed by atoms with Gasteiger partial charge in [-0.25, -0.2) is 13.6 Å². The van der Waals surface area contributed by atoms with E-state index in [0.29, 0.717) is 29.6 Å². The molecule has 3 N–H and O–H groups in total. The number of nitrogens with zero attached hydrogens (tertiary/aromatic N) is 1. The average molecular weight is 505 g/mol. The second-order valence-electron chi connectivity index (χ2n) is 9.65. The van der Waals surface area contributed by atoms with E-state index < -0.39 is 15.6 Å². The minimum absolute atomic E-state index is 0.0603. The number of sulfonamides is 1. The van der Waals surface area contributed by atoms with Crippen LogP contribution in [0.25, 0.3) is 0 Å². The zero-order valence-corrected chi connectivity index (χ0v) is 21.1. The van der Waals surface area contributed by atoms with Crippen LogP contribution in [0.15, 0.2) is 53.9 Å². The molecule has 0 bridgehead atoms. The summed E-state index contributed by atoms with van der Waals surface area (Å²) in [6, 6.07) is 10.6. The van der Waals surface area contributed by atoms with Gasteiger partial charge in [0.2, 0.25) is 10.0 Å². The van der Waals surface area contributed by atoms with Crippen LogP contribution in [-0.2, 0) is 23.1 Å². The van der Waals surface area contributed by atoms with E-state index in [-0.39, 0.29) is 16.7 Å². The van der Waals surface area contributed by atoms with Gasteiger partial charge in [-0.3, -0.25) is 0 Å². The number of nitrogens with two attached hydrogens (primary N) is 1. The normalized spacial score (nSPS) is 22.8. The van der Waals surface area contributed by atoms with Crippen molar-refractivity contribution < 1.29 is 18.3 Å². The molecule has 0 amide bonds. The summed E-state index contributed by atoms with van der Waals surface area (Å²) in [7, 11) is -3.87. The van der Waals surface area contributed by atoms with E-state index in [1.165, 1.54) is 11.6 Å². The maximum atomic E-state index is 12.1. The van der Waals surface area contributed by atoms with Gasteiger partial charge in [0.25, 0.3) is 0 Å². The number of ether oxygens (including phenoxy) is 1. The van der Waals surface area contributed by atoms with Crippen molar-refractivity contribution in [2.45, 2.75) is 56.1 Å². The molecular formula is C26H33ClN2O4S. The molecule has 1 saturated carbocycles. The fourth-order valence-corrected chi connectivity index (χ4v) is 5.81. The molecule has 1 fully saturated rings. The molecule has 8 heteroatoms. The lowest BCUT2D eigenvalue weighted by atomic mass is 9.65. The van der Waals surface area contributed by atoms with E-state index in [2.05, 4.69) is 11.5 Å². The third kappa shape index (κ3) is 5.43. The fourth-order valence-electron chi connectivity index (χ4n) is 5.09. The number of aryl methyl sites for hydroxylation is 1. The van der Waals surface area contributed by atoms with Crippen LogP contribution < -0.4 is 14.8 Å².